The first-order chi connectivity index (χ1) is 26.6. The second kappa shape index (κ2) is 45.0. The first-order valence-corrected chi connectivity index (χ1v) is 22.8. The molecule has 0 rings (SSSR count). The number of carbonyl (C=O) groups excluding carboxylic acids is 2. The van der Waals surface area contributed by atoms with Gasteiger partial charge in [-0.25, -0.2) is 0 Å². The minimum atomic E-state index is -0.543. The van der Waals surface area contributed by atoms with Crippen molar-refractivity contribution in [3.8, 4) is 0 Å². The predicted octanol–water partition coefficient (Wildman–Crippen LogP) is 15.0. The molecule has 0 aromatic heterocycles. The average molecular weight is 755 g/mol. The number of ether oxygens (including phenoxy) is 3. The Labute approximate surface area is 334 Å². The lowest BCUT2D eigenvalue weighted by atomic mass is 10.0. The highest BCUT2D eigenvalue weighted by atomic mass is 16.6. The summed E-state index contributed by atoms with van der Waals surface area (Å²) in [5.74, 6) is -0.435. The maximum absolute atomic E-state index is 12.7. The number of unbranched alkanes of at least 4 members (excludes halogenated alkanes) is 20. The SMILES string of the molecule is CC/C=C\C/C=C\C/C=C\C/C=C\C/C=C\CCCCCC(=O)OCC(COCCCCCCCC)OC(=O)CCCCCCCCCCCCCCC. The number of rotatable bonds is 41. The van der Waals surface area contributed by atoms with E-state index in [1.807, 2.05) is 0 Å². The molecule has 0 radical (unpaired) electrons. The summed E-state index contributed by atoms with van der Waals surface area (Å²) >= 11 is 0. The lowest BCUT2D eigenvalue weighted by Crippen LogP contribution is -2.30. The first-order valence-electron chi connectivity index (χ1n) is 22.8. The summed E-state index contributed by atoms with van der Waals surface area (Å²) in [6, 6.07) is 0. The van der Waals surface area contributed by atoms with Crippen LogP contribution in [0.2, 0.25) is 0 Å². The maximum atomic E-state index is 12.7. The van der Waals surface area contributed by atoms with Crippen molar-refractivity contribution in [1.29, 1.82) is 0 Å². The van der Waals surface area contributed by atoms with Crippen LogP contribution in [0.1, 0.15) is 213 Å². The first kappa shape index (κ1) is 51.6. The van der Waals surface area contributed by atoms with E-state index in [0.717, 1.165) is 83.5 Å². The van der Waals surface area contributed by atoms with Crippen molar-refractivity contribution in [3.05, 3.63) is 60.8 Å². The highest BCUT2D eigenvalue weighted by Crippen LogP contribution is 2.14. The number of hydrogen-bond donors (Lipinski definition) is 0. The van der Waals surface area contributed by atoms with Crippen molar-refractivity contribution in [2.24, 2.45) is 0 Å². The predicted molar refractivity (Wildman–Crippen MR) is 233 cm³/mol. The fraction of sp³-hybridized carbons (Fsp3) is 0.755. The molecular formula is C49H86O5. The Morgan fingerprint density at radius 3 is 1.33 bits per heavy atom. The summed E-state index contributed by atoms with van der Waals surface area (Å²) in [5, 5.41) is 0. The minimum Gasteiger partial charge on any atom is -0.462 e. The van der Waals surface area contributed by atoms with Gasteiger partial charge in [-0.1, -0.05) is 197 Å². The maximum Gasteiger partial charge on any atom is 0.306 e. The van der Waals surface area contributed by atoms with Gasteiger partial charge >= 0.3 is 11.9 Å². The van der Waals surface area contributed by atoms with Crippen molar-refractivity contribution in [1.82, 2.24) is 0 Å². The Balaban J connectivity index is 4.17. The molecule has 0 aliphatic carbocycles. The van der Waals surface area contributed by atoms with Crippen molar-refractivity contribution < 1.29 is 23.8 Å². The molecule has 0 saturated carbocycles. The van der Waals surface area contributed by atoms with Crippen molar-refractivity contribution >= 4 is 11.9 Å². The Morgan fingerprint density at radius 1 is 0.426 bits per heavy atom. The van der Waals surface area contributed by atoms with E-state index in [2.05, 4.69) is 81.5 Å². The summed E-state index contributed by atoms with van der Waals surface area (Å²) in [4.78, 5) is 25.2. The van der Waals surface area contributed by atoms with E-state index in [1.165, 1.54) is 96.3 Å². The molecule has 1 unspecified atom stereocenters. The second-order valence-electron chi connectivity index (χ2n) is 14.9. The van der Waals surface area contributed by atoms with Crippen LogP contribution < -0.4 is 0 Å². The van der Waals surface area contributed by atoms with Gasteiger partial charge in [-0.3, -0.25) is 9.59 Å². The number of carbonyl (C=O) groups is 2. The lowest BCUT2D eigenvalue weighted by Gasteiger charge is -2.18. The van der Waals surface area contributed by atoms with Gasteiger partial charge < -0.3 is 14.2 Å². The van der Waals surface area contributed by atoms with Crippen LogP contribution in [0.5, 0.6) is 0 Å². The highest BCUT2D eigenvalue weighted by molar-refractivity contribution is 5.70. The smallest absolute Gasteiger partial charge is 0.306 e. The Morgan fingerprint density at radius 2 is 0.833 bits per heavy atom. The molecule has 0 aliphatic rings. The normalized spacial score (nSPS) is 12.7. The molecule has 0 spiro atoms. The zero-order chi connectivity index (χ0) is 39.3. The zero-order valence-corrected chi connectivity index (χ0v) is 35.7. The van der Waals surface area contributed by atoms with Crippen LogP contribution in [0.3, 0.4) is 0 Å². The summed E-state index contributed by atoms with van der Waals surface area (Å²) in [5.41, 5.74) is 0. The van der Waals surface area contributed by atoms with Gasteiger partial charge in [-0.15, -0.1) is 0 Å². The molecule has 5 nitrogen and oxygen atoms in total. The molecule has 0 aromatic carbocycles. The molecule has 0 amide bonds. The molecule has 0 aromatic rings. The molecule has 54 heavy (non-hydrogen) atoms. The quantitative estimate of drug-likeness (QED) is 0.0353. The lowest BCUT2D eigenvalue weighted by molar-refractivity contribution is -0.163. The summed E-state index contributed by atoms with van der Waals surface area (Å²) in [6.45, 7) is 7.64. The van der Waals surface area contributed by atoms with E-state index in [4.69, 9.17) is 14.2 Å². The Hall–Kier alpha value is -2.40. The Kier molecular flexibility index (Phi) is 43.0. The van der Waals surface area contributed by atoms with E-state index in [-0.39, 0.29) is 25.2 Å². The van der Waals surface area contributed by atoms with E-state index in [1.54, 1.807) is 0 Å². The van der Waals surface area contributed by atoms with Crippen LogP contribution in [0.4, 0.5) is 0 Å². The molecule has 0 saturated heterocycles. The second-order valence-corrected chi connectivity index (χ2v) is 14.9. The third kappa shape index (κ3) is 42.3. The minimum absolute atomic E-state index is 0.0692. The van der Waals surface area contributed by atoms with Gasteiger partial charge in [0.15, 0.2) is 6.10 Å². The van der Waals surface area contributed by atoms with Gasteiger partial charge in [0.2, 0.25) is 0 Å². The number of allylic oxidation sites excluding steroid dienone is 10. The molecule has 0 bridgehead atoms. The highest BCUT2D eigenvalue weighted by Gasteiger charge is 2.17. The molecule has 0 N–H and O–H groups in total. The topological polar surface area (TPSA) is 61.8 Å². The monoisotopic (exact) mass is 755 g/mol. The van der Waals surface area contributed by atoms with E-state index < -0.39 is 6.10 Å². The van der Waals surface area contributed by atoms with Gasteiger partial charge in [0.1, 0.15) is 6.61 Å². The van der Waals surface area contributed by atoms with E-state index in [9.17, 15) is 9.59 Å². The standard InChI is InChI=1S/C49H86O5/c1-4-7-10-13-16-18-20-22-23-24-25-26-27-29-30-32-34-36-39-42-48(50)53-46-47(45-52-44-41-38-15-12-9-6-3)54-49(51)43-40-37-35-33-31-28-21-19-17-14-11-8-5-2/h7,10,16,18,22-23,25-26,29-30,47H,4-6,8-9,11-15,17,19-21,24,27-28,31-46H2,1-3H3/b10-7-,18-16-,23-22-,26-25-,30-29-. The third-order valence-electron chi connectivity index (χ3n) is 9.57. The molecule has 5 heteroatoms. The van der Waals surface area contributed by atoms with Crippen LogP contribution in [0, 0.1) is 0 Å². The largest absolute Gasteiger partial charge is 0.462 e. The van der Waals surface area contributed by atoms with Gasteiger partial charge in [0.05, 0.1) is 6.61 Å². The zero-order valence-electron chi connectivity index (χ0n) is 35.7. The number of hydrogen-bond acceptors (Lipinski definition) is 5. The van der Waals surface area contributed by atoms with Crippen LogP contribution in [0.15, 0.2) is 60.8 Å². The molecule has 1 atom stereocenters. The number of esters is 2. The van der Waals surface area contributed by atoms with Crippen molar-refractivity contribution in [2.75, 3.05) is 19.8 Å². The third-order valence-corrected chi connectivity index (χ3v) is 9.57. The van der Waals surface area contributed by atoms with Crippen molar-refractivity contribution in [2.45, 2.75) is 219 Å². The molecule has 0 aliphatic heterocycles. The molecular weight excluding hydrogens is 669 g/mol. The van der Waals surface area contributed by atoms with Crippen molar-refractivity contribution in [3.63, 3.8) is 0 Å². The molecule has 0 heterocycles. The van der Waals surface area contributed by atoms with E-state index >= 15 is 0 Å². The van der Waals surface area contributed by atoms with Crippen LogP contribution in [-0.2, 0) is 23.8 Å². The summed E-state index contributed by atoms with van der Waals surface area (Å²) < 4.78 is 17.2. The fourth-order valence-electron chi connectivity index (χ4n) is 6.18. The summed E-state index contributed by atoms with van der Waals surface area (Å²) in [7, 11) is 0. The van der Waals surface area contributed by atoms with Gasteiger partial charge in [0.25, 0.3) is 0 Å². The van der Waals surface area contributed by atoms with E-state index in [0.29, 0.717) is 19.4 Å². The molecule has 0 fully saturated rings. The average Bonchev–Trinajstić information content (AvgIpc) is 3.17. The van der Waals surface area contributed by atoms with Crippen LogP contribution >= 0.6 is 0 Å². The van der Waals surface area contributed by atoms with Crippen LogP contribution in [-0.4, -0.2) is 37.9 Å². The fourth-order valence-corrected chi connectivity index (χ4v) is 6.18. The summed E-state index contributed by atoms with van der Waals surface area (Å²) in [6.07, 6.45) is 55.1. The van der Waals surface area contributed by atoms with Gasteiger partial charge in [-0.2, -0.15) is 0 Å². The van der Waals surface area contributed by atoms with Crippen LogP contribution in [0.25, 0.3) is 0 Å². The van der Waals surface area contributed by atoms with Gasteiger partial charge in [-0.05, 0) is 64.2 Å². The van der Waals surface area contributed by atoms with Gasteiger partial charge in [0, 0.05) is 19.4 Å². The Bertz CT molecular complexity index is 946. The molecule has 312 valence electrons.